The van der Waals surface area contributed by atoms with Gasteiger partial charge >= 0.3 is 0 Å². The van der Waals surface area contributed by atoms with Gasteiger partial charge in [0.15, 0.2) is 11.6 Å². The number of halogens is 1. The first kappa shape index (κ1) is 15.0. The van der Waals surface area contributed by atoms with Crippen molar-refractivity contribution < 1.29 is 9.18 Å². The molecule has 0 spiro atoms. The molecule has 1 aromatic carbocycles. The Bertz CT molecular complexity index is 616. The van der Waals surface area contributed by atoms with E-state index in [-0.39, 0.29) is 17.4 Å². The minimum atomic E-state index is -0.628. The second-order valence-electron chi connectivity index (χ2n) is 4.66. The number of amides is 1. The van der Waals surface area contributed by atoms with E-state index in [1.807, 2.05) is 44.2 Å². The molecule has 1 heterocycles. The molecule has 2 rings (SSSR count). The van der Waals surface area contributed by atoms with Crippen LogP contribution in [0.25, 0.3) is 0 Å². The average Bonchev–Trinajstić information content (AvgIpc) is 2.50. The smallest absolute Gasteiger partial charge is 0.254 e. The van der Waals surface area contributed by atoms with Crippen LogP contribution in [-0.4, -0.2) is 17.4 Å². The average molecular weight is 287 g/mol. The highest BCUT2D eigenvalue weighted by atomic mass is 19.1. The molecule has 1 atom stereocenters. The summed E-state index contributed by atoms with van der Waals surface area (Å²) < 4.78 is 14.2. The number of benzene rings is 1. The molecule has 21 heavy (non-hydrogen) atoms. The zero-order valence-corrected chi connectivity index (χ0v) is 12.1. The SMILES string of the molecule is CCNc1nccc(C(=O)NC(C)c2ccccc2)c1F. The Hall–Kier alpha value is -2.43. The van der Waals surface area contributed by atoms with Gasteiger partial charge in [-0.05, 0) is 25.5 Å². The summed E-state index contributed by atoms with van der Waals surface area (Å²) in [6.45, 7) is 4.23. The van der Waals surface area contributed by atoms with E-state index in [1.165, 1.54) is 12.3 Å². The first-order chi connectivity index (χ1) is 10.1. The number of nitrogens with zero attached hydrogens (tertiary/aromatic N) is 1. The predicted octanol–water partition coefficient (Wildman–Crippen LogP) is 3.14. The lowest BCUT2D eigenvalue weighted by Gasteiger charge is -2.15. The van der Waals surface area contributed by atoms with Gasteiger partial charge in [-0.15, -0.1) is 0 Å². The second-order valence-corrected chi connectivity index (χ2v) is 4.66. The molecule has 0 saturated heterocycles. The molecule has 0 saturated carbocycles. The normalized spacial score (nSPS) is 11.8. The van der Waals surface area contributed by atoms with E-state index in [1.54, 1.807) is 0 Å². The number of hydrogen-bond donors (Lipinski definition) is 2. The highest BCUT2D eigenvalue weighted by Crippen LogP contribution is 2.17. The first-order valence-electron chi connectivity index (χ1n) is 6.87. The van der Waals surface area contributed by atoms with Gasteiger partial charge in [0.25, 0.3) is 5.91 Å². The van der Waals surface area contributed by atoms with Gasteiger partial charge in [0.1, 0.15) is 0 Å². The van der Waals surface area contributed by atoms with Gasteiger partial charge in [-0.1, -0.05) is 30.3 Å². The van der Waals surface area contributed by atoms with Crippen molar-refractivity contribution in [2.45, 2.75) is 19.9 Å². The number of anilines is 1. The van der Waals surface area contributed by atoms with Crippen molar-refractivity contribution in [3.8, 4) is 0 Å². The van der Waals surface area contributed by atoms with E-state index in [4.69, 9.17) is 0 Å². The van der Waals surface area contributed by atoms with E-state index in [0.29, 0.717) is 6.54 Å². The van der Waals surface area contributed by atoms with Crippen LogP contribution in [0.1, 0.15) is 35.8 Å². The highest BCUT2D eigenvalue weighted by molar-refractivity contribution is 5.95. The summed E-state index contributed by atoms with van der Waals surface area (Å²) >= 11 is 0. The van der Waals surface area contributed by atoms with Crippen LogP contribution in [0.2, 0.25) is 0 Å². The molecule has 0 aliphatic carbocycles. The fraction of sp³-hybridized carbons (Fsp3) is 0.250. The summed E-state index contributed by atoms with van der Waals surface area (Å²) in [6.07, 6.45) is 1.42. The molecule has 110 valence electrons. The predicted molar refractivity (Wildman–Crippen MR) is 80.7 cm³/mol. The third-order valence-electron chi connectivity index (χ3n) is 3.13. The van der Waals surface area contributed by atoms with Gasteiger partial charge in [-0.3, -0.25) is 4.79 Å². The summed E-state index contributed by atoms with van der Waals surface area (Å²) in [4.78, 5) is 16.1. The molecule has 0 bridgehead atoms. The highest BCUT2D eigenvalue weighted by Gasteiger charge is 2.17. The summed E-state index contributed by atoms with van der Waals surface area (Å²) in [5.41, 5.74) is 0.955. The Morgan fingerprint density at radius 2 is 2.00 bits per heavy atom. The minimum Gasteiger partial charge on any atom is -0.368 e. The van der Waals surface area contributed by atoms with Crippen LogP contribution in [-0.2, 0) is 0 Å². The Kier molecular flexibility index (Phi) is 4.87. The van der Waals surface area contributed by atoms with Crippen LogP contribution in [0.15, 0.2) is 42.6 Å². The monoisotopic (exact) mass is 287 g/mol. The van der Waals surface area contributed by atoms with Crippen LogP contribution in [0.4, 0.5) is 10.2 Å². The number of pyridine rings is 1. The van der Waals surface area contributed by atoms with Crippen molar-refractivity contribution in [1.29, 1.82) is 0 Å². The fourth-order valence-electron chi connectivity index (χ4n) is 2.01. The topological polar surface area (TPSA) is 54.0 Å². The van der Waals surface area contributed by atoms with Crippen LogP contribution in [0.5, 0.6) is 0 Å². The Morgan fingerprint density at radius 1 is 1.29 bits per heavy atom. The molecule has 4 nitrogen and oxygen atoms in total. The molecule has 5 heteroatoms. The van der Waals surface area contributed by atoms with Crippen LogP contribution >= 0.6 is 0 Å². The van der Waals surface area contributed by atoms with Crippen LogP contribution in [0.3, 0.4) is 0 Å². The third-order valence-corrected chi connectivity index (χ3v) is 3.13. The summed E-state index contributed by atoms with van der Waals surface area (Å²) in [5, 5.41) is 5.58. The van der Waals surface area contributed by atoms with Gasteiger partial charge in [-0.25, -0.2) is 9.37 Å². The van der Waals surface area contributed by atoms with Crippen molar-refractivity contribution in [1.82, 2.24) is 10.3 Å². The lowest BCUT2D eigenvalue weighted by Crippen LogP contribution is -2.27. The summed E-state index contributed by atoms with van der Waals surface area (Å²) in [6, 6.07) is 10.7. The number of aromatic nitrogens is 1. The molecule has 0 fully saturated rings. The molecule has 2 aromatic rings. The van der Waals surface area contributed by atoms with Crippen molar-refractivity contribution in [3.63, 3.8) is 0 Å². The number of hydrogen-bond acceptors (Lipinski definition) is 3. The number of carbonyl (C=O) groups is 1. The van der Waals surface area contributed by atoms with Crippen molar-refractivity contribution in [2.75, 3.05) is 11.9 Å². The van der Waals surface area contributed by atoms with E-state index in [2.05, 4.69) is 15.6 Å². The molecule has 1 amide bonds. The van der Waals surface area contributed by atoms with Crippen molar-refractivity contribution >= 4 is 11.7 Å². The van der Waals surface area contributed by atoms with E-state index >= 15 is 0 Å². The fourth-order valence-corrected chi connectivity index (χ4v) is 2.01. The van der Waals surface area contributed by atoms with Gasteiger partial charge in [0.2, 0.25) is 0 Å². The summed E-state index contributed by atoms with van der Waals surface area (Å²) in [5.74, 6) is -0.986. The zero-order chi connectivity index (χ0) is 15.2. The van der Waals surface area contributed by atoms with Gasteiger partial charge in [0.05, 0.1) is 11.6 Å². The molecule has 2 N–H and O–H groups in total. The lowest BCUT2D eigenvalue weighted by atomic mass is 10.1. The third kappa shape index (κ3) is 3.56. The molecule has 0 aliphatic heterocycles. The first-order valence-corrected chi connectivity index (χ1v) is 6.87. The van der Waals surface area contributed by atoms with Crippen LogP contribution < -0.4 is 10.6 Å². The number of rotatable bonds is 5. The maximum atomic E-state index is 14.2. The number of nitrogens with one attached hydrogen (secondary N) is 2. The maximum Gasteiger partial charge on any atom is 0.254 e. The zero-order valence-electron chi connectivity index (χ0n) is 12.1. The Balaban J connectivity index is 2.15. The van der Waals surface area contributed by atoms with E-state index < -0.39 is 11.7 Å². The molecule has 1 unspecified atom stereocenters. The lowest BCUT2D eigenvalue weighted by molar-refractivity contribution is 0.0935. The van der Waals surface area contributed by atoms with Gasteiger partial charge in [0, 0.05) is 12.7 Å². The van der Waals surface area contributed by atoms with Crippen molar-refractivity contribution in [3.05, 3.63) is 59.5 Å². The van der Waals surface area contributed by atoms with E-state index in [0.717, 1.165) is 5.56 Å². The molecule has 0 aliphatic rings. The maximum absolute atomic E-state index is 14.2. The van der Waals surface area contributed by atoms with E-state index in [9.17, 15) is 9.18 Å². The molecule has 1 aromatic heterocycles. The van der Waals surface area contributed by atoms with Gasteiger partial charge in [-0.2, -0.15) is 0 Å². The molecule has 0 radical (unpaired) electrons. The quantitative estimate of drug-likeness (QED) is 0.888. The largest absolute Gasteiger partial charge is 0.368 e. The number of carbonyl (C=O) groups excluding carboxylic acids is 1. The Labute approximate surface area is 123 Å². The molecular weight excluding hydrogens is 269 g/mol. The summed E-state index contributed by atoms with van der Waals surface area (Å²) in [7, 11) is 0. The standard InChI is InChI=1S/C16H18FN3O/c1-3-18-15-14(17)13(9-10-19-15)16(21)20-11(2)12-7-5-4-6-8-12/h4-11H,3H2,1-2H3,(H,18,19)(H,20,21). The Morgan fingerprint density at radius 3 is 2.67 bits per heavy atom. The van der Waals surface area contributed by atoms with Crippen molar-refractivity contribution in [2.24, 2.45) is 0 Å². The minimum absolute atomic E-state index is 0.0104. The second kappa shape index (κ2) is 6.83. The van der Waals surface area contributed by atoms with Gasteiger partial charge < -0.3 is 10.6 Å². The molecular formula is C16H18FN3O. The van der Waals surface area contributed by atoms with Crippen LogP contribution in [0, 0.1) is 5.82 Å².